The summed E-state index contributed by atoms with van der Waals surface area (Å²) in [5.74, 6) is 0. The summed E-state index contributed by atoms with van der Waals surface area (Å²) in [4.78, 5) is 2.31. The number of hydrogen-bond donors (Lipinski definition) is 2. The van der Waals surface area contributed by atoms with Crippen molar-refractivity contribution in [2.75, 3.05) is 27.2 Å². The van der Waals surface area contributed by atoms with Gasteiger partial charge in [0.15, 0.2) is 0 Å². The Balaban J connectivity index is 2.80. The van der Waals surface area contributed by atoms with E-state index in [1.54, 1.807) is 23.9 Å². The summed E-state index contributed by atoms with van der Waals surface area (Å²) in [6, 6.07) is 1.61. The molecule has 0 spiro atoms. The highest BCUT2D eigenvalue weighted by Gasteiger charge is 2.24. The maximum Gasteiger partial charge on any atom is 0.242 e. The third-order valence-electron chi connectivity index (χ3n) is 3.09. The van der Waals surface area contributed by atoms with Crippen molar-refractivity contribution >= 4 is 10.0 Å². The molecule has 1 rings (SSSR count). The van der Waals surface area contributed by atoms with Crippen molar-refractivity contribution in [1.29, 1.82) is 0 Å². The van der Waals surface area contributed by atoms with E-state index in [0.717, 1.165) is 12.2 Å². The summed E-state index contributed by atoms with van der Waals surface area (Å²) < 4.78 is 28.9. The average molecular weight is 302 g/mol. The maximum atomic E-state index is 12.3. The Kier molecular flexibility index (Phi) is 5.37. The molecular formula is C13H26N4O2S. The van der Waals surface area contributed by atoms with Crippen LogP contribution in [0.4, 0.5) is 0 Å². The number of nitrogens with one attached hydrogen (secondary N) is 1. The van der Waals surface area contributed by atoms with E-state index in [9.17, 15) is 8.42 Å². The number of hydrogen-bond acceptors (Lipinski definition) is 4. The van der Waals surface area contributed by atoms with Crippen molar-refractivity contribution in [2.45, 2.75) is 25.3 Å². The molecule has 3 N–H and O–H groups in total. The Hall–Kier alpha value is -0.890. The molecule has 0 aliphatic rings. The summed E-state index contributed by atoms with van der Waals surface area (Å²) in [6.07, 6.45) is 1.59. The van der Waals surface area contributed by atoms with E-state index in [1.165, 1.54) is 0 Å². The molecule has 6 nitrogen and oxygen atoms in total. The van der Waals surface area contributed by atoms with E-state index in [1.807, 2.05) is 32.8 Å². The number of aromatic nitrogens is 1. The highest BCUT2D eigenvalue weighted by atomic mass is 32.2. The normalized spacial score (nSPS) is 13.2. The van der Waals surface area contributed by atoms with Crippen molar-refractivity contribution in [3.63, 3.8) is 0 Å². The van der Waals surface area contributed by atoms with Gasteiger partial charge in [-0.3, -0.25) is 0 Å². The van der Waals surface area contributed by atoms with Crippen LogP contribution >= 0.6 is 0 Å². The lowest BCUT2D eigenvalue weighted by molar-refractivity contribution is 0.242. The number of rotatable bonds is 7. The molecule has 0 bridgehead atoms. The van der Waals surface area contributed by atoms with Gasteiger partial charge in [-0.05, 0) is 25.6 Å². The zero-order chi connectivity index (χ0) is 15.6. The number of nitrogens with two attached hydrogens (primary N) is 1. The lowest BCUT2D eigenvalue weighted by Crippen LogP contribution is -2.39. The number of sulfonamides is 1. The summed E-state index contributed by atoms with van der Waals surface area (Å²) in [7, 11) is 2.25. The highest BCUT2D eigenvalue weighted by Crippen LogP contribution is 2.17. The molecule has 1 heterocycles. The summed E-state index contributed by atoms with van der Waals surface area (Å²) >= 11 is 0. The van der Waals surface area contributed by atoms with Crippen molar-refractivity contribution in [3.8, 4) is 0 Å². The molecule has 0 radical (unpaired) electrons. The van der Waals surface area contributed by atoms with Crippen LogP contribution in [0.25, 0.3) is 0 Å². The maximum absolute atomic E-state index is 12.3. The van der Waals surface area contributed by atoms with Gasteiger partial charge < -0.3 is 15.2 Å². The molecule has 116 valence electrons. The number of aryl methyl sites for hydroxylation is 1. The first-order valence-electron chi connectivity index (χ1n) is 6.57. The van der Waals surface area contributed by atoms with Gasteiger partial charge in [-0.1, -0.05) is 13.8 Å². The fourth-order valence-electron chi connectivity index (χ4n) is 2.21. The molecular weight excluding hydrogens is 276 g/mol. The average Bonchev–Trinajstić information content (AvgIpc) is 2.67. The first kappa shape index (κ1) is 17.2. The molecule has 0 aliphatic carbocycles. The predicted molar refractivity (Wildman–Crippen MR) is 80.8 cm³/mol. The van der Waals surface area contributed by atoms with Crippen molar-refractivity contribution < 1.29 is 8.42 Å². The molecule has 0 unspecified atom stereocenters. The van der Waals surface area contributed by atoms with Gasteiger partial charge in [0.1, 0.15) is 0 Å². The van der Waals surface area contributed by atoms with Crippen LogP contribution in [-0.2, 0) is 23.6 Å². The van der Waals surface area contributed by atoms with Gasteiger partial charge in [-0.15, -0.1) is 0 Å². The number of nitrogens with zero attached hydrogens (tertiary/aromatic N) is 2. The molecule has 0 saturated heterocycles. The van der Waals surface area contributed by atoms with Crippen LogP contribution < -0.4 is 10.5 Å². The minimum atomic E-state index is -3.49. The lowest BCUT2D eigenvalue weighted by Gasteiger charge is -2.28. The Morgan fingerprint density at radius 3 is 2.45 bits per heavy atom. The Labute approximate surface area is 122 Å². The summed E-state index contributed by atoms with van der Waals surface area (Å²) in [6.45, 7) is 5.58. The summed E-state index contributed by atoms with van der Waals surface area (Å²) in [5, 5.41) is 0. The zero-order valence-electron chi connectivity index (χ0n) is 13.0. The van der Waals surface area contributed by atoms with Crippen LogP contribution in [0.15, 0.2) is 17.2 Å². The standard InChI is InChI=1S/C13H26N4O2S/c1-13(2,10-16(3)4)9-15-20(18,19)12-6-11(7-14)17(5)8-12/h6,8,15H,7,9-10,14H2,1-5H3. The van der Waals surface area contributed by atoms with Crippen molar-refractivity contribution in [1.82, 2.24) is 14.2 Å². The Bertz CT molecular complexity index is 547. The van der Waals surface area contributed by atoms with Crippen molar-refractivity contribution in [3.05, 3.63) is 18.0 Å². The van der Waals surface area contributed by atoms with E-state index < -0.39 is 10.0 Å². The molecule has 1 aromatic heterocycles. The van der Waals surface area contributed by atoms with Crippen LogP contribution in [-0.4, -0.2) is 45.1 Å². The third-order valence-corrected chi connectivity index (χ3v) is 4.46. The fourth-order valence-corrected chi connectivity index (χ4v) is 3.55. The first-order valence-corrected chi connectivity index (χ1v) is 8.05. The second kappa shape index (κ2) is 6.26. The molecule has 0 aromatic carbocycles. The lowest BCUT2D eigenvalue weighted by atomic mass is 9.93. The van der Waals surface area contributed by atoms with Gasteiger partial charge in [-0.25, -0.2) is 13.1 Å². The predicted octanol–water partition coefficient (Wildman–Crippen LogP) is 0.350. The smallest absolute Gasteiger partial charge is 0.242 e. The van der Waals surface area contributed by atoms with Crippen LogP contribution in [0, 0.1) is 5.41 Å². The molecule has 0 fully saturated rings. The SMILES string of the molecule is CN(C)CC(C)(C)CNS(=O)(=O)c1cc(CN)n(C)c1. The van der Waals surface area contributed by atoms with E-state index in [4.69, 9.17) is 5.73 Å². The monoisotopic (exact) mass is 302 g/mol. The molecule has 0 aliphatic heterocycles. The quantitative estimate of drug-likeness (QED) is 0.761. The van der Waals surface area contributed by atoms with Gasteiger partial charge in [0.2, 0.25) is 10.0 Å². The third kappa shape index (κ3) is 4.59. The van der Waals surface area contributed by atoms with E-state index >= 15 is 0 Å². The van der Waals surface area contributed by atoms with Gasteiger partial charge in [0.25, 0.3) is 0 Å². The van der Waals surface area contributed by atoms with Crippen LogP contribution in [0.5, 0.6) is 0 Å². The molecule has 0 atom stereocenters. The minimum Gasteiger partial charge on any atom is -0.352 e. The van der Waals surface area contributed by atoms with E-state index in [2.05, 4.69) is 4.72 Å². The van der Waals surface area contributed by atoms with Gasteiger partial charge in [0, 0.05) is 38.6 Å². The largest absolute Gasteiger partial charge is 0.352 e. The Morgan fingerprint density at radius 2 is 2.00 bits per heavy atom. The van der Waals surface area contributed by atoms with Crippen LogP contribution in [0.2, 0.25) is 0 Å². The molecule has 20 heavy (non-hydrogen) atoms. The molecule has 7 heteroatoms. The van der Waals surface area contributed by atoms with Crippen LogP contribution in [0.3, 0.4) is 0 Å². The topological polar surface area (TPSA) is 80.4 Å². The highest BCUT2D eigenvalue weighted by molar-refractivity contribution is 7.89. The molecule has 0 amide bonds. The minimum absolute atomic E-state index is 0.137. The first-order chi connectivity index (χ1) is 9.07. The second-order valence-electron chi connectivity index (χ2n) is 6.21. The molecule has 1 aromatic rings. The summed E-state index contributed by atoms with van der Waals surface area (Å²) in [5.41, 5.74) is 6.22. The Morgan fingerprint density at radius 1 is 1.40 bits per heavy atom. The van der Waals surface area contributed by atoms with Gasteiger partial charge >= 0.3 is 0 Å². The second-order valence-corrected chi connectivity index (χ2v) is 7.98. The van der Waals surface area contributed by atoms with Crippen molar-refractivity contribution in [2.24, 2.45) is 18.2 Å². The van der Waals surface area contributed by atoms with Gasteiger partial charge in [0.05, 0.1) is 4.90 Å². The van der Waals surface area contributed by atoms with E-state index in [0.29, 0.717) is 13.1 Å². The van der Waals surface area contributed by atoms with Gasteiger partial charge in [-0.2, -0.15) is 0 Å². The van der Waals surface area contributed by atoms with Crippen LogP contribution in [0.1, 0.15) is 19.5 Å². The fraction of sp³-hybridized carbons (Fsp3) is 0.692. The molecule has 0 saturated carbocycles. The zero-order valence-corrected chi connectivity index (χ0v) is 13.8. The van der Waals surface area contributed by atoms with E-state index in [-0.39, 0.29) is 10.3 Å².